The van der Waals surface area contributed by atoms with Crippen LogP contribution < -0.4 is 5.43 Å². The van der Waals surface area contributed by atoms with Crippen LogP contribution in [0.5, 0.6) is 0 Å². The number of nitrogens with zero attached hydrogens (tertiary/aromatic N) is 1. The van der Waals surface area contributed by atoms with Gasteiger partial charge in [-0.2, -0.15) is 0 Å². The molecule has 0 spiro atoms. The summed E-state index contributed by atoms with van der Waals surface area (Å²) in [6.07, 6.45) is 4.17. The Morgan fingerprint density at radius 2 is 1.04 bits per heavy atom. The van der Waals surface area contributed by atoms with E-state index in [4.69, 9.17) is 0 Å². The summed E-state index contributed by atoms with van der Waals surface area (Å²) in [7, 11) is 0. The highest BCUT2D eigenvalue weighted by atomic mass is 15.5. The highest BCUT2D eigenvalue weighted by molar-refractivity contribution is 5.49. The predicted molar refractivity (Wildman–Crippen MR) is 98.2 cm³/mol. The van der Waals surface area contributed by atoms with E-state index in [1.54, 1.807) is 0 Å². The van der Waals surface area contributed by atoms with E-state index in [9.17, 15) is 0 Å². The second-order valence-corrected chi connectivity index (χ2v) is 5.95. The number of benzene rings is 3. The molecule has 4 rings (SSSR count). The Kier molecular flexibility index (Phi) is 3.89. The fraction of sp³-hybridized carbons (Fsp3) is 0.0909. The van der Waals surface area contributed by atoms with Crippen LogP contribution >= 0.6 is 0 Å². The zero-order valence-electron chi connectivity index (χ0n) is 13.5. The molecule has 0 saturated heterocycles. The van der Waals surface area contributed by atoms with Gasteiger partial charge in [0, 0.05) is 12.7 Å². The third-order valence-corrected chi connectivity index (χ3v) is 4.62. The fourth-order valence-corrected chi connectivity index (χ4v) is 3.59. The summed E-state index contributed by atoms with van der Waals surface area (Å²) in [6, 6.07) is 32.1. The minimum atomic E-state index is -0.382. The van der Waals surface area contributed by atoms with Gasteiger partial charge in [-0.1, -0.05) is 97.1 Å². The van der Waals surface area contributed by atoms with Gasteiger partial charge < -0.3 is 5.43 Å². The van der Waals surface area contributed by atoms with E-state index in [0.717, 1.165) is 6.54 Å². The van der Waals surface area contributed by atoms with E-state index in [-0.39, 0.29) is 5.54 Å². The lowest BCUT2D eigenvalue weighted by Gasteiger charge is -2.43. The van der Waals surface area contributed by atoms with Crippen molar-refractivity contribution < 1.29 is 0 Å². The maximum Gasteiger partial charge on any atom is 0.115 e. The normalized spacial score (nSPS) is 14.5. The molecule has 0 atom stereocenters. The first-order chi connectivity index (χ1) is 11.9. The molecular formula is C22H20N2. The van der Waals surface area contributed by atoms with Crippen molar-refractivity contribution in [2.45, 2.75) is 5.54 Å². The quantitative estimate of drug-likeness (QED) is 0.722. The van der Waals surface area contributed by atoms with Crippen LogP contribution in [0, 0.1) is 0 Å². The number of nitrogens with one attached hydrogen (secondary N) is 1. The van der Waals surface area contributed by atoms with Crippen LogP contribution in [-0.4, -0.2) is 11.6 Å². The van der Waals surface area contributed by atoms with Crippen LogP contribution in [0.3, 0.4) is 0 Å². The van der Waals surface area contributed by atoms with Crippen LogP contribution in [0.25, 0.3) is 0 Å². The van der Waals surface area contributed by atoms with Crippen LogP contribution in [0.1, 0.15) is 16.7 Å². The number of hydrogen-bond acceptors (Lipinski definition) is 2. The smallest absolute Gasteiger partial charge is 0.115 e. The molecular weight excluding hydrogens is 292 g/mol. The molecule has 0 radical (unpaired) electrons. The van der Waals surface area contributed by atoms with Crippen molar-refractivity contribution in [3.05, 3.63) is 120 Å². The summed E-state index contributed by atoms with van der Waals surface area (Å²) < 4.78 is 0. The second kappa shape index (κ2) is 6.34. The molecule has 1 aliphatic rings. The van der Waals surface area contributed by atoms with E-state index in [1.807, 2.05) is 6.20 Å². The van der Waals surface area contributed by atoms with Gasteiger partial charge in [0.1, 0.15) is 5.54 Å². The predicted octanol–water partition coefficient (Wildman–Crippen LogP) is 4.31. The Labute approximate surface area is 143 Å². The molecule has 24 heavy (non-hydrogen) atoms. The summed E-state index contributed by atoms with van der Waals surface area (Å²) in [5.41, 5.74) is 6.81. The average Bonchev–Trinajstić information content (AvgIpc) is 3.20. The van der Waals surface area contributed by atoms with Gasteiger partial charge in [0.15, 0.2) is 0 Å². The minimum Gasteiger partial charge on any atom is -0.325 e. The molecule has 0 aromatic heterocycles. The molecule has 2 nitrogen and oxygen atoms in total. The Morgan fingerprint density at radius 1 is 0.625 bits per heavy atom. The van der Waals surface area contributed by atoms with E-state index in [1.165, 1.54) is 16.7 Å². The molecule has 0 unspecified atom stereocenters. The third-order valence-electron chi connectivity index (χ3n) is 4.62. The van der Waals surface area contributed by atoms with Crippen LogP contribution in [0.4, 0.5) is 0 Å². The van der Waals surface area contributed by atoms with Crippen LogP contribution in [0.2, 0.25) is 0 Å². The van der Waals surface area contributed by atoms with Crippen molar-refractivity contribution in [2.75, 3.05) is 6.54 Å². The molecule has 0 aliphatic carbocycles. The zero-order chi connectivity index (χ0) is 16.2. The van der Waals surface area contributed by atoms with Gasteiger partial charge in [0.05, 0.1) is 0 Å². The Morgan fingerprint density at radius 3 is 1.38 bits per heavy atom. The first kappa shape index (κ1) is 14.7. The standard InChI is InChI=1S/C22H20N2/c1-4-11-19(12-5-1)22(24-18-10-17-23-24,20-13-6-2-7-14-20)21-15-8-3-9-16-21/h1-17,23H,18H2. The molecule has 1 N–H and O–H groups in total. The fourth-order valence-electron chi connectivity index (χ4n) is 3.59. The third kappa shape index (κ3) is 2.32. The Hall–Kier alpha value is -2.84. The first-order valence-electron chi connectivity index (χ1n) is 8.28. The maximum absolute atomic E-state index is 3.45. The lowest BCUT2D eigenvalue weighted by Crippen LogP contribution is -2.51. The van der Waals surface area contributed by atoms with Crippen LogP contribution in [-0.2, 0) is 5.54 Å². The topological polar surface area (TPSA) is 15.3 Å². The SMILES string of the molecule is C1=CNN(C(c2ccccc2)(c2ccccc2)c2ccccc2)C1. The van der Waals surface area contributed by atoms with Crippen molar-refractivity contribution in [3.8, 4) is 0 Å². The monoisotopic (exact) mass is 312 g/mol. The largest absolute Gasteiger partial charge is 0.325 e. The molecule has 2 heteroatoms. The van der Waals surface area contributed by atoms with Gasteiger partial charge in [-0.3, -0.25) is 0 Å². The molecule has 3 aromatic rings. The molecule has 1 heterocycles. The number of rotatable bonds is 4. The van der Waals surface area contributed by atoms with Gasteiger partial charge in [0.2, 0.25) is 0 Å². The molecule has 0 saturated carbocycles. The zero-order valence-corrected chi connectivity index (χ0v) is 13.5. The summed E-state index contributed by atoms with van der Waals surface area (Å²) in [5, 5.41) is 2.30. The Bertz CT molecular complexity index is 706. The van der Waals surface area contributed by atoms with Gasteiger partial charge in [-0.05, 0) is 16.7 Å². The second-order valence-electron chi connectivity index (χ2n) is 5.95. The minimum absolute atomic E-state index is 0.382. The lowest BCUT2D eigenvalue weighted by atomic mass is 9.76. The molecule has 0 bridgehead atoms. The van der Waals surface area contributed by atoms with Gasteiger partial charge in [-0.25, -0.2) is 5.01 Å². The molecule has 1 aliphatic heterocycles. The lowest BCUT2D eigenvalue weighted by molar-refractivity contribution is 0.144. The molecule has 0 amide bonds. The van der Waals surface area contributed by atoms with E-state index in [0.29, 0.717) is 0 Å². The maximum atomic E-state index is 3.45. The van der Waals surface area contributed by atoms with E-state index in [2.05, 4.69) is 108 Å². The summed E-state index contributed by atoms with van der Waals surface area (Å²) >= 11 is 0. The van der Waals surface area contributed by atoms with Crippen molar-refractivity contribution in [1.29, 1.82) is 0 Å². The summed E-state index contributed by atoms with van der Waals surface area (Å²) in [5.74, 6) is 0. The summed E-state index contributed by atoms with van der Waals surface area (Å²) in [6.45, 7) is 0.846. The van der Waals surface area contributed by atoms with Crippen molar-refractivity contribution in [3.63, 3.8) is 0 Å². The van der Waals surface area contributed by atoms with E-state index >= 15 is 0 Å². The van der Waals surface area contributed by atoms with Crippen molar-refractivity contribution >= 4 is 0 Å². The number of hydrazine groups is 1. The molecule has 3 aromatic carbocycles. The highest BCUT2D eigenvalue weighted by Gasteiger charge is 2.42. The summed E-state index contributed by atoms with van der Waals surface area (Å²) in [4.78, 5) is 0. The molecule has 0 fully saturated rings. The molecule has 118 valence electrons. The average molecular weight is 312 g/mol. The van der Waals surface area contributed by atoms with Gasteiger partial charge in [-0.15, -0.1) is 0 Å². The first-order valence-corrected chi connectivity index (χ1v) is 8.28. The van der Waals surface area contributed by atoms with Crippen molar-refractivity contribution in [2.24, 2.45) is 0 Å². The van der Waals surface area contributed by atoms with Crippen molar-refractivity contribution in [1.82, 2.24) is 10.4 Å². The van der Waals surface area contributed by atoms with Gasteiger partial charge >= 0.3 is 0 Å². The number of hydrogen-bond donors (Lipinski definition) is 1. The van der Waals surface area contributed by atoms with Gasteiger partial charge in [0.25, 0.3) is 0 Å². The Balaban J connectivity index is 2.03. The highest BCUT2D eigenvalue weighted by Crippen LogP contribution is 2.41. The van der Waals surface area contributed by atoms with E-state index < -0.39 is 0 Å². The van der Waals surface area contributed by atoms with Crippen LogP contribution in [0.15, 0.2) is 103 Å².